The number of likely N-dealkylation sites (tertiary alicyclic amines) is 1. The average Bonchev–Trinajstić information content (AvgIpc) is 2.99. The van der Waals surface area contributed by atoms with E-state index in [0.29, 0.717) is 29.0 Å². The van der Waals surface area contributed by atoms with E-state index >= 15 is 0 Å². The molecule has 6 nitrogen and oxygen atoms in total. The summed E-state index contributed by atoms with van der Waals surface area (Å²) < 4.78 is 43.9. The van der Waals surface area contributed by atoms with Crippen LogP contribution in [0.2, 0.25) is 0 Å². The number of anilines is 1. The van der Waals surface area contributed by atoms with Gasteiger partial charge in [-0.1, -0.05) is 0 Å². The molecule has 3 heterocycles. The van der Waals surface area contributed by atoms with Crippen LogP contribution in [0.4, 0.5) is 19.0 Å². The van der Waals surface area contributed by atoms with Crippen molar-refractivity contribution in [3.8, 4) is 17.0 Å². The molecule has 2 aromatic heterocycles. The summed E-state index contributed by atoms with van der Waals surface area (Å²) in [6.45, 7) is 10.2. The largest absolute Gasteiger partial charge is 0.573 e. The Balaban J connectivity index is 1.62. The third-order valence-electron chi connectivity index (χ3n) is 5.97. The minimum Gasteiger partial charge on any atom is -0.402 e. The molecule has 2 N–H and O–H groups in total. The van der Waals surface area contributed by atoms with Gasteiger partial charge in [0.25, 0.3) is 0 Å². The summed E-state index contributed by atoms with van der Waals surface area (Å²) in [6.07, 6.45) is -3.41. The lowest BCUT2D eigenvalue weighted by Gasteiger charge is -2.32. The van der Waals surface area contributed by atoms with Crippen molar-refractivity contribution in [2.24, 2.45) is 11.8 Å². The maximum absolute atomic E-state index is 12.7. The van der Waals surface area contributed by atoms with Gasteiger partial charge in [-0.3, -0.25) is 9.58 Å². The Morgan fingerprint density at radius 1 is 1.20 bits per heavy atom. The molecule has 2 fully saturated rings. The fraction of sp³-hybridized carbons (Fsp3) is 0.600. The molecule has 0 amide bonds. The number of pyridine rings is 1. The third kappa shape index (κ3) is 3.99. The van der Waals surface area contributed by atoms with Gasteiger partial charge in [0.15, 0.2) is 11.6 Å². The van der Waals surface area contributed by atoms with Crippen LogP contribution in [0.5, 0.6) is 5.75 Å². The zero-order valence-corrected chi connectivity index (χ0v) is 18.2. The van der Waals surface area contributed by atoms with Gasteiger partial charge in [0, 0.05) is 42.5 Å². The molecule has 2 aromatic rings. The minimum atomic E-state index is -4.84. The van der Waals surface area contributed by atoms with Gasteiger partial charge in [-0.25, -0.2) is 4.98 Å². The van der Waals surface area contributed by atoms with Crippen molar-refractivity contribution in [2.45, 2.75) is 50.9 Å². The lowest BCUT2D eigenvalue weighted by molar-refractivity contribution is -0.274. The molecule has 3 atom stereocenters. The number of hydrogen-bond acceptors (Lipinski definition) is 6. The van der Waals surface area contributed by atoms with Crippen LogP contribution < -0.4 is 10.5 Å². The van der Waals surface area contributed by atoms with Gasteiger partial charge in [-0.2, -0.15) is 17.7 Å². The molecule has 0 spiro atoms. The predicted octanol–water partition coefficient (Wildman–Crippen LogP) is 4.32. The summed E-state index contributed by atoms with van der Waals surface area (Å²) in [5, 5.41) is 4.67. The maximum Gasteiger partial charge on any atom is 0.573 e. The molecule has 0 radical (unpaired) electrons. The van der Waals surface area contributed by atoms with Crippen LogP contribution in [0.25, 0.3) is 11.3 Å². The Morgan fingerprint density at radius 2 is 1.83 bits per heavy atom. The number of halogens is 3. The molecular formula is C20H26F3N5OS. The van der Waals surface area contributed by atoms with Crippen LogP contribution in [0.3, 0.4) is 0 Å². The van der Waals surface area contributed by atoms with E-state index < -0.39 is 12.1 Å². The minimum absolute atomic E-state index is 0.125. The van der Waals surface area contributed by atoms with Crippen LogP contribution in [-0.2, 0) is 0 Å². The molecule has 164 valence electrons. The number of aromatic nitrogens is 3. The second-order valence-corrected chi connectivity index (χ2v) is 10.00. The molecule has 1 saturated carbocycles. The Hall–Kier alpha value is -1.94. The molecule has 1 unspecified atom stereocenters. The normalized spacial score (nSPS) is 24.4. The molecule has 30 heavy (non-hydrogen) atoms. The number of piperidine rings is 1. The first kappa shape index (κ1) is 21.3. The molecule has 0 bridgehead atoms. The van der Waals surface area contributed by atoms with Crippen molar-refractivity contribution >= 4 is 18.4 Å². The summed E-state index contributed by atoms with van der Waals surface area (Å²) in [4.78, 5) is 6.10. The van der Waals surface area contributed by atoms with E-state index in [1.54, 1.807) is 0 Å². The van der Waals surface area contributed by atoms with E-state index in [-0.39, 0.29) is 16.7 Å². The SMILES string of the molecule is CC(C)n1nc(-c2cnc(N)c(OC(F)(F)F)c2)cc1C1[C@H]2CN(C(C)(C)S)C[C@@H]12. The highest BCUT2D eigenvalue weighted by molar-refractivity contribution is 7.81. The monoisotopic (exact) mass is 441 g/mol. The molecule has 2 aliphatic rings. The average molecular weight is 442 g/mol. The highest BCUT2D eigenvalue weighted by Gasteiger charge is 2.59. The van der Waals surface area contributed by atoms with E-state index in [9.17, 15) is 13.2 Å². The number of alkyl halides is 3. The van der Waals surface area contributed by atoms with Gasteiger partial charge >= 0.3 is 6.36 Å². The molecule has 1 aliphatic carbocycles. The smallest absolute Gasteiger partial charge is 0.402 e. The predicted molar refractivity (Wildman–Crippen MR) is 111 cm³/mol. The van der Waals surface area contributed by atoms with Crippen LogP contribution >= 0.6 is 12.6 Å². The Kier molecular flexibility index (Phi) is 5.00. The highest BCUT2D eigenvalue weighted by atomic mass is 32.1. The fourth-order valence-electron chi connectivity index (χ4n) is 4.43. The van der Waals surface area contributed by atoms with Crippen LogP contribution in [0.15, 0.2) is 18.3 Å². The number of nitrogens with two attached hydrogens (primary N) is 1. The van der Waals surface area contributed by atoms with Gasteiger partial charge in [0.1, 0.15) is 0 Å². The first-order valence-electron chi connectivity index (χ1n) is 9.93. The molecule has 1 saturated heterocycles. The van der Waals surface area contributed by atoms with Gasteiger partial charge in [-0.15, -0.1) is 13.2 Å². The van der Waals surface area contributed by atoms with Crippen molar-refractivity contribution in [3.63, 3.8) is 0 Å². The first-order valence-corrected chi connectivity index (χ1v) is 10.4. The number of nitrogen functional groups attached to an aromatic ring is 1. The van der Waals surface area contributed by atoms with Crippen LogP contribution in [0.1, 0.15) is 45.3 Å². The van der Waals surface area contributed by atoms with E-state index in [0.717, 1.165) is 18.8 Å². The van der Waals surface area contributed by atoms with E-state index in [1.165, 1.54) is 12.3 Å². The maximum atomic E-state index is 12.7. The lowest BCUT2D eigenvalue weighted by atomic mass is 10.1. The topological polar surface area (TPSA) is 69.2 Å². The van der Waals surface area contributed by atoms with Crippen molar-refractivity contribution in [2.75, 3.05) is 18.8 Å². The van der Waals surface area contributed by atoms with Crippen molar-refractivity contribution in [3.05, 3.63) is 24.0 Å². The summed E-state index contributed by atoms with van der Waals surface area (Å²) >= 11 is 4.68. The molecule has 10 heteroatoms. The van der Waals surface area contributed by atoms with E-state index in [4.69, 9.17) is 5.73 Å². The van der Waals surface area contributed by atoms with Crippen LogP contribution in [0, 0.1) is 11.8 Å². The van der Waals surface area contributed by atoms with Crippen molar-refractivity contribution < 1.29 is 17.9 Å². The standard InChI is InChI=1S/C20H26F3N5OS/c1-10(2)28-15(17-12-8-27(9-13(12)17)19(3,4)30)6-14(26-28)11-5-16(18(24)25-7-11)29-20(21,22)23/h5-7,10,12-13,17,30H,8-9H2,1-4H3,(H2,24,25)/t12-,13+,17?. The lowest BCUT2D eigenvalue weighted by Crippen LogP contribution is -2.39. The Labute approximate surface area is 179 Å². The third-order valence-corrected chi connectivity index (χ3v) is 6.25. The zero-order valence-electron chi connectivity index (χ0n) is 17.3. The highest BCUT2D eigenvalue weighted by Crippen LogP contribution is 2.60. The zero-order chi connectivity index (χ0) is 22.0. The number of hydrogen-bond donors (Lipinski definition) is 2. The van der Waals surface area contributed by atoms with E-state index in [1.807, 2.05) is 24.6 Å². The van der Waals surface area contributed by atoms with Crippen molar-refractivity contribution in [1.82, 2.24) is 19.7 Å². The summed E-state index contributed by atoms with van der Waals surface area (Å²) in [5.74, 6) is 0.661. The molecule has 4 rings (SSSR count). The number of nitrogens with zero attached hydrogens (tertiary/aromatic N) is 4. The quantitative estimate of drug-likeness (QED) is 0.677. The van der Waals surface area contributed by atoms with E-state index in [2.05, 4.69) is 46.2 Å². The summed E-state index contributed by atoms with van der Waals surface area (Å²) in [7, 11) is 0. The fourth-order valence-corrected chi connectivity index (χ4v) is 4.59. The van der Waals surface area contributed by atoms with Gasteiger partial charge in [-0.05, 0) is 51.7 Å². The summed E-state index contributed by atoms with van der Waals surface area (Å²) in [5.41, 5.74) is 7.67. The second-order valence-electron chi connectivity index (χ2n) is 8.90. The number of thiol groups is 1. The molecule has 1 aliphatic heterocycles. The van der Waals surface area contributed by atoms with Crippen molar-refractivity contribution in [1.29, 1.82) is 0 Å². The van der Waals surface area contributed by atoms with Crippen LogP contribution in [-0.4, -0.2) is 44.0 Å². The second kappa shape index (κ2) is 7.05. The Morgan fingerprint density at radius 3 is 2.37 bits per heavy atom. The number of ether oxygens (including phenoxy) is 1. The van der Waals surface area contributed by atoms with Gasteiger partial charge in [0.2, 0.25) is 0 Å². The molecular weight excluding hydrogens is 415 g/mol. The number of rotatable bonds is 5. The van der Waals surface area contributed by atoms with Gasteiger partial charge < -0.3 is 10.5 Å². The first-order chi connectivity index (χ1) is 13.8. The summed E-state index contributed by atoms with van der Waals surface area (Å²) in [6, 6.07) is 3.33. The molecule has 0 aromatic carbocycles. The Bertz CT molecular complexity index is 941. The number of fused-ring (bicyclic) bond motifs is 1. The van der Waals surface area contributed by atoms with Gasteiger partial charge in [0.05, 0.1) is 10.6 Å².